The Morgan fingerprint density at radius 3 is 2.41 bits per heavy atom. The van der Waals surface area contributed by atoms with Crippen LogP contribution in [0.2, 0.25) is 0 Å². The molecule has 2 aliphatic heterocycles. The molecule has 0 radical (unpaired) electrons. The Balaban J connectivity index is 1.51. The SMILES string of the molecule is Cc1cccc(NC2=Nc3ccccc3N3C2=Nc2c(c(C)nn2-c2ccccc2)[C@H]3c2cccc(Br)c2)c1. The molecule has 0 unspecified atom stereocenters. The molecule has 0 aliphatic carbocycles. The zero-order valence-corrected chi connectivity index (χ0v) is 23.1. The van der Waals surface area contributed by atoms with Crippen LogP contribution in [-0.2, 0) is 0 Å². The lowest BCUT2D eigenvalue weighted by molar-refractivity contribution is 0.815. The van der Waals surface area contributed by atoms with Gasteiger partial charge in [0.05, 0.1) is 28.8 Å². The Morgan fingerprint density at radius 1 is 0.795 bits per heavy atom. The van der Waals surface area contributed by atoms with Gasteiger partial charge in [-0.1, -0.05) is 70.5 Å². The number of nitrogens with zero attached hydrogens (tertiary/aromatic N) is 5. The number of anilines is 2. The number of fused-ring (bicyclic) bond motifs is 4. The Hall–Kier alpha value is -4.49. The number of rotatable bonds is 3. The van der Waals surface area contributed by atoms with Crippen LogP contribution in [0.5, 0.6) is 0 Å². The third kappa shape index (κ3) is 4.06. The monoisotopic (exact) mass is 572 g/mol. The predicted octanol–water partition coefficient (Wildman–Crippen LogP) is 8.05. The molecule has 0 amide bonds. The van der Waals surface area contributed by atoms with E-state index in [2.05, 4.69) is 113 Å². The number of hydrogen-bond donors (Lipinski definition) is 1. The topological polar surface area (TPSA) is 57.8 Å². The number of aryl methyl sites for hydroxylation is 2. The minimum Gasteiger partial charge on any atom is -0.337 e. The molecule has 1 N–H and O–H groups in total. The first-order valence-corrected chi connectivity index (χ1v) is 13.7. The van der Waals surface area contributed by atoms with Crippen molar-refractivity contribution in [2.75, 3.05) is 10.2 Å². The van der Waals surface area contributed by atoms with E-state index < -0.39 is 0 Å². The maximum absolute atomic E-state index is 5.30. The van der Waals surface area contributed by atoms with E-state index in [4.69, 9.17) is 15.1 Å². The van der Waals surface area contributed by atoms with Crippen LogP contribution in [-0.4, -0.2) is 21.5 Å². The van der Waals surface area contributed by atoms with E-state index in [0.29, 0.717) is 5.84 Å². The first kappa shape index (κ1) is 23.6. The summed E-state index contributed by atoms with van der Waals surface area (Å²) >= 11 is 3.71. The number of hydrogen-bond acceptors (Lipinski definition) is 5. The molecule has 7 rings (SSSR count). The maximum atomic E-state index is 5.30. The second-order valence-electron chi connectivity index (χ2n) is 9.78. The summed E-state index contributed by atoms with van der Waals surface area (Å²) < 4.78 is 2.97. The second-order valence-corrected chi connectivity index (χ2v) is 10.7. The van der Waals surface area contributed by atoms with Crippen molar-refractivity contribution in [1.82, 2.24) is 9.78 Å². The number of benzene rings is 4. The highest BCUT2D eigenvalue weighted by Crippen LogP contribution is 2.48. The van der Waals surface area contributed by atoms with Crippen molar-refractivity contribution in [3.05, 3.63) is 130 Å². The second kappa shape index (κ2) is 9.36. The number of aromatic nitrogens is 2. The van der Waals surface area contributed by atoms with E-state index in [1.54, 1.807) is 0 Å². The molecule has 2 aliphatic rings. The summed E-state index contributed by atoms with van der Waals surface area (Å²) in [5.41, 5.74) is 8.16. The van der Waals surface area contributed by atoms with Gasteiger partial charge in [0, 0.05) is 15.7 Å². The highest BCUT2D eigenvalue weighted by molar-refractivity contribution is 9.10. The summed E-state index contributed by atoms with van der Waals surface area (Å²) in [6, 6.07) is 35.1. The number of halogens is 1. The minimum atomic E-state index is -0.159. The molecule has 39 heavy (non-hydrogen) atoms. The van der Waals surface area contributed by atoms with Crippen molar-refractivity contribution in [3.8, 4) is 5.69 Å². The van der Waals surface area contributed by atoms with Crippen molar-refractivity contribution in [3.63, 3.8) is 0 Å². The van der Waals surface area contributed by atoms with Crippen molar-refractivity contribution >= 4 is 50.5 Å². The summed E-state index contributed by atoms with van der Waals surface area (Å²) in [6.45, 7) is 4.16. The summed E-state index contributed by atoms with van der Waals surface area (Å²) in [5.74, 6) is 2.27. The van der Waals surface area contributed by atoms with E-state index in [-0.39, 0.29) is 6.04 Å². The zero-order valence-electron chi connectivity index (χ0n) is 21.5. The molecule has 190 valence electrons. The number of para-hydroxylation sites is 3. The summed E-state index contributed by atoms with van der Waals surface area (Å²) in [4.78, 5) is 12.7. The molecule has 0 bridgehead atoms. The fourth-order valence-electron chi connectivity index (χ4n) is 5.40. The average molecular weight is 573 g/mol. The highest BCUT2D eigenvalue weighted by Gasteiger charge is 2.41. The van der Waals surface area contributed by atoms with Gasteiger partial charge in [-0.15, -0.1) is 0 Å². The zero-order chi connectivity index (χ0) is 26.5. The van der Waals surface area contributed by atoms with Gasteiger partial charge in [-0.05, 0) is 73.5 Å². The molecule has 1 aromatic heterocycles. The van der Waals surface area contributed by atoms with Crippen LogP contribution < -0.4 is 10.2 Å². The normalized spacial score (nSPS) is 15.6. The van der Waals surface area contributed by atoms with Crippen LogP contribution >= 0.6 is 15.9 Å². The summed E-state index contributed by atoms with van der Waals surface area (Å²) in [5, 5.41) is 8.59. The fraction of sp³-hybridized carbons (Fsp3) is 0.0938. The summed E-state index contributed by atoms with van der Waals surface area (Å²) in [6.07, 6.45) is 0. The van der Waals surface area contributed by atoms with Gasteiger partial charge in [-0.3, -0.25) is 0 Å². The first-order chi connectivity index (χ1) is 19.1. The van der Waals surface area contributed by atoms with Crippen molar-refractivity contribution in [1.29, 1.82) is 0 Å². The quantitative estimate of drug-likeness (QED) is 0.238. The number of aliphatic imine (C=N–C) groups is 2. The van der Waals surface area contributed by atoms with Crippen LogP contribution in [0.3, 0.4) is 0 Å². The maximum Gasteiger partial charge on any atom is 0.179 e. The Morgan fingerprint density at radius 2 is 1.59 bits per heavy atom. The van der Waals surface area contributed by atoms with Gasteiger partial charge in [0.1, 0.15) is 0 Å². The van der Waals surface area contributed by atoms with E-state index in [9.17, 15) is 0 Å². The van der Waals surface area contributed by atoms with E-state index in [0.717, 1.165) is 55.7 Å². The lowest BCUT2D eigenvalue weighted by Crippen LogP contribution is -2.46. The molecule has 0 spiro atoms. The lowest BCUT2D eigenvalue weighted by Gasteiger charge is -2.40. The van der Waals surface area contributed by atoms with E-state index in [1.807, 2.05) is 35.0 Å². The van der Waals surface area contributed by atoms with E-state index in [1.165, 1.54) is 5.56 Å². The minimum absolute atomic E-state index is 0.159. The van der Waals surface area contributed by atoms with Crippen LogP contribution in [0.1, 0.15) is 28.4 Å². The van der Waals surface area contributed by atoms with Crippen LogP contribution in [0, 0.1) is 13.8 Å². The van der Waals surface area contributed by atoms with Gasteiger partial charge in [0.25, 0.3) is 0 Å². The first-order valence-electron chi connectivity index (χ1n) is 12.9. The molecule has 4 aromatic carbocycles. The molecule has 0 saturated heterocycles. The van der Waals surface area contributed by atoms with Gasteiger partial charge in [-0.25, -0.2) is 14.7 Å². The Bertz CT molecular complexity index is 1790. The molecule has 7 heteroatoms. The van der Waals surface area contributed by atoms with Gasteiger partial charge >= 0.3 is 0 Å². The standard InChI is InChI=1S/C32H25BrN6/c1-20-10-8-13-24(18-20)34-30-32-36-31-28(21(2)37-39(31)25-14-4-3-5-15-25)29(22-11-9-12-23(33)19-22)38(32)27-17-7-6-16-26(27)35-30/h3-19,29H,1-2H3,(H,34,35)/t29-/m1/s1. The Labute approximate surface area is 235 Å². The third-order valence-corrected chi connectivity index (χ3v) is 7.58. The molecule has 0 fully saturated rings. The van der Waals surface area contributed by atoms with Gasteiger partial charge < -0.3 is 10.2 Å². The highest BCUT2D eigenvalue weighted by atomic mass is 79.9. The van der Waals surface area contributed by atoms with Crippen molar-refractivity contribution in [2.45, 2.75) is 19.9 Å². The largest absolute Gasteiger partial charge is 0.337 e. The predicted molar refractivity (Wildman–Crippen MR) is 162 cm³/mol. The van der Waals surface area contributed by atoms with Crippen LogP contribution in [0.25, 0.3) is 5.69 Å². The summed E-state index contributed by atoms with van der Waals surface area (Å²) in [7, 11) is 0. The van der Waals surface area contributed by atoms with Gasteiger partial charge in [0.2, 0.25) is 0 Å². The van der Waals surface area contributed by atoms with E-state index >= 15 is 0 Å². The molecule has 0 saturated carbocycles. The van der Waals surface area contributed by atoms with Gasteiger partial charge in [-0.2, -0.15) is 5.10 Å². The molecule has 3 heterocycles. The fourth-order valence-corrected chi connectivity index (χ4v) is 5.82. The molecular formula is C32H25BrN6. The van der Waals surface area contributed by atoms with Crippen molar-refractivity contribution in [2.24, 2.45) is 9.98 Å². The third-order valence-electron chi connectivity index (χ3n) is 7.08. The number of amidine groups is 2. The van der Waals surface area contributed by atoms with Crippen LogP contribution in [0.4, 0.5) is 22.9 Å². The molecular weight excluding hydrogens is 548 g/mol. The molecule has 1 atom stereocenters. The smallest absolute Gasteiger partial charge is 0.179 e. The molecule has 6 nitrogen and oxygen atoms in total. The molecule has 5 aromatic rings. The Kier molecular flexibility index (Phi) is 5.67. The lowest BCUT2D eigenvalue weighted by atomic mass is 9.93. The van der Waals surface area contributed by atoms with Gasteiger partial charge in [0.15, 0.2) is 17.5 Å². The number of nitrogens with one attached hydrogen (secondary N) is 1. The van der Waals surface area contributed by atoms with Crippen LogP contribution in [0.15, 0.2) is 118 Å². The van der Waals surface area contributed by atoms with Crippen molar-refractivity contribution < 1.29 is 0 Å². The average Bonchev–Trinajstić information content (AvgIpc) is 3.28.